The average molecular weight is 266 g/mol. The molecule has 0 unspecified atom stereocenters. The largest absolute Gasteiger partial charge is 0.480 e. The lowest BCUT2D eigenvalue weighted by Crippen LogP contribution is -2.12. The normalized spacial score (nSPS) is 10.6. The zero-order valence-electron chi connectivity index (χ0n) is 10.4. The predicted molar refractivity (Wildman–Crippen MR) is 71.4 cm³/mol. The number of aromatic nitrogens is 1. The molecule has 0 fully saturated rings. The first-order chi connectivity index (χ1) is 8.76. The number of benzene rings is 1. The zero-order chi connectivity index (χ0) is 13.0. The second-order valence-corrected chi connectivity index (χ2v) is 4.45. The van der Waals surface area contributed by atoms with Gasteiger partial charge in [0.2, 0.25) is 5.88 Å². The molecule has 0 saturated heterocycles. The van der Waals surface area contributed by atoms with Gasteiger partial charge in [0.15, 0.2) is 0 Å². The quantitative estimate of drug-likeness (QED) is 0.903. The van der Waals surface area contributed by atoms with Gasteiger partial charge in [-0.2, -0.15) is 4.37 Å². The van der Waals surface area contributed by atoms with Crippen LogP contribution in [0, 0.1) is 5.82 Å². The molecule has 2 aromatic rings. The number of methoxy groups -OCH3 is 1. The monoisotopic (exact) mass is 266 g/mol. The van der Waals surface area contributed by atoms with Crippen LogP contribution in [-0.2, 0) is 6.54 Å². The minimum absolute atomic E-state index is 0.193. The van der Waals surface area contributed by atoms with Crippen molar-refractivity contribution in [2.24, 2.45) is 0 Å². The number of nitrogens with one attached hydrogen (secondary N) is 1. The summed E-state index contributed by atoms with van der Waals surface area (Å²) in [4.78, 5) is 0. The lowest BCUT2D eigenvalue weighted by atomic mass is 10.1. The molecular formula is C13H15FN2OS. The van der Waals surface area contributed by atoms with Crippen molar-refractivity contribution in [1.82, 2.24) is 9.69 Å². The molecule has 18 heavy (non-hydrogen) atoms. The van der Waals surface area contributed by atoms with E-state index in [1.165, 1.54) is 17.6 Å². The summed E-state index contributed by atoms with van der Waals surface area (Å²) in [5, 5.41) is 5.03. The maximum atomic E-state index is 13.6. The molecule has 3 nitrogen and oxygen atoms in total. The Labute approximate surface area is 110 Å². The zero-order valence-corrected chi connectivity index (χ0v) is 11.2. The average Bonchev–Trinajstić information content (AvgIpc) is 2.86. The van der Waals surface area contributed by atoms with Crippen LogP contribution in [0.2, 0.25) is 0 Å². The van der Waals surface area contributed by atoms with Gasteiger partial charge in [-0.3, -0.25) is 0 Å². The maximum Gasteiger partial charge on any atom is 0.232 e. The van der Waals surface area contributed by atoms with Gasteiger partial charge in [-0.25, -0.2) is 4.39 Å². The highest BCUT2D eigenvalue weighted by atomic mass is 32.1. The van der Waals surface area contributed by atoms with Crippen LogP contribution >= 0.6 is 11.5 Å². The van der Waals surface area contributed by atoms with Crippen molar-refractivity contribution in [3.63, 3.8) is 0 Å². The topological polar surface area (TPSA) is 34.2 Å². The number of rotatable bonds is 5. The minimum atomic E-state index is -0.193. The minimum Gasteiger partial charge on any atom is -0.480 e. The van der Waals surface area contributed by atoms with Crippen molar-refractivity contribution < 1.29 is 9.13 Å². The third kappa shape index (κ3) is 2.68. The van der Waals surface area contributed by atoms with Gasteiger partial charge in [-0.05, 0) is 35.8 Å². The lowest BCUT2D eigenvalue weighted by molar-refractivity contribution is 0.404. The Morgan fingerprint density at radius 3 is 3.00 bits per heavy atom. The second kappa shape index (κ2) is 5.93. The van der Waals surface area contributed by atoms with Gasteiger partial charge in [0.05, 0.1) is 12.7 Å². The molecule has 96 valence electrons. The molecule has 0 aliphatic heterocycles. The maximum absolute atomic E-state index is 13.6. The van der Waals surface area contributed by atoms with E-state index in [0.717, 1.165) is 17.7 Å². The molecule has 2 rings (SSSR count). The molecule has 1 aromatic carbocycles. The Bertz CT molecular complexity index is 527. The molecule has 0 radical (unpaired) electrons. The summed E-state index contributed by atoms with van der Waals surface area (Å²) in [5.41, 5.74) is 2.48. The van der Waals surface area contributed by atoms with Crippen LogP contribution < -0.4 is 10.1 Å². The van der Waals surface area contributed by atoms with E-state index >= 15 is 0 Å². The SMILES string of the molecule is CCNCc1cc(-c2csnc2OC)ccc1F. The molecule has 1 aromatic heterocycles. The number of hydrogen-bond acceptors (Lipinski definition) is 4. The Kier molecular flexibility index (Phi) is 4.28. The van der Waals surface area contributed by atoms with Crippen molar-refractivity contribution in [3.05, 3.63) is 35.0 Å². The number of halogens is 1. The molecule has 1 heterocycles. The molecule has 0 bridgehead atoms. The Hall–Kier alpha value is -1.46. The molecule has 0 spiro atoms. The predicted octanol–water partition coefficient (Wildman–Crippen LogP) is 3.07. The van der Waals surface area contributed by atoms with Gasteiger partial charge in [0.1, 0.15) is 5.82 Å². The molecule has 0 saturated carbocycles. The summed E-state index contributed by atoms with van der Waals surface area (Å²) in [6.07, 6.45) is 0. The van der Waals surface area contributed by atoms with Crippen LogP contribution in [0.25, 0.3) is 11.1 Å². The standard InChI is InChI=1S/C13H15FN2OS/c1-3-15-7-10-6-9(4-5-12(10)14)11-8-18-16-13(11)17-2/h4-6,8,15H,3,7H2,1-2H3. The van der Waals surface area contributed by atoms with E-state index in [4.69, 9.17) is 4.74 Å². The Balaban J connectivity index is 2.34. The molecule has 5 heteroatoms. The lowest BCUT2D eigenvalue weighted by Gasteiger charge is -2.07. The summed E-state index contributed by atoms with van der Waals surface area (Å²) < 4.78 is 22.9. The summed E-state index contributed by atoms with van der Waals surface area (Å²) in [5.74, 6) is 0.392. The van der Waals surface area contributed by atoms with Crippen molar-refractivity contribution in [3.8, 4) is 17.0 Å². The van der Waals surface area contributed by atoms with Gasteiger partial charge in [0, 0.05) is 17.5 Å². The van der Waals surface area contributed by atoms with E-state index in [1.807, 2.05) is 18.4 Å². The van der Waals surface area contributed by atoms with Gasteiger partial charge in [0.25, 0.3) is 0 Å². The van der Waals surface area contributed by atoms with E-state index in [-0.39, 0.29) is 5.82 Å². The van der Waals surface area contributed by atoms with Crippen LogP contribution in [0.15, 0.2) is 23.6 Å². The van der Waals surface area contributed by atoms with Crippen LogP contribution in [0.1, 0.15) is 12.5 Å². The van der Waals surface area contributed by atoms with Gasteiger partial charge < -0.3 is 10.1 Å². The summed E-state index contributed by atoms with van der Waals surface area (Å²) >= 11 is 1.33. The molecule has 0 amide bonds. The van der Waals surface area contributed by atoms with Crippen molar-refractivity contribution in [2.75, 3.05) is 13.7 Å². The fourth-order valence-corrected chi connectivity index (χ4v) is 2.37. The fraction of sp³-hybridized carbons (Fsp3) is 0.308. The van der Waals surface area contributed by atoms with E-state index in [1.54, 1.807) is 13.2 Å². The highest BCUT2D eigenvalue weighted by Gasteiger charge is 2.11. The van der Waals surface area contributed by atoms with E-state index < -0.39 is 0 Å². The van der Waals surface area contributed by atoms with E-state index in [2.05, 4.69) is 9.69 Å². The molecule has 1 N–H and O–H groups in total. The fourth-order valence-electron chi connectivity index (χ4n) is 1.70. The molecule has 0 atom stereocenters. The van der Waals surface area contributed by atoms with Crippen LogP contribution in [-0.4, -0.2) is 18.0 Å². The highest BCUT2D eigenvalue weighted by molar-refractivity contribution is 7.04. The first-order valence-corrected chi connectivity index (χ1v) is 6.57. The van der Waals surface area contributed by atoms with Crippen LogP contribution in [0.3, 0.4) is 0 Å². The summed E-state index contributed by atoms with van der Waals surface area (Å²) in [6.45, 7) is 3.33. The third-order valence-corrected chi connectivity index (χ3v) is 3.26. The Morgan fingerprint density at radius 1 is 1.44 bits per heavy atom. The number of nitrogens with zero attached hydrogens (tertiary/aromatic N) is 1. The Morgan fingerprint density at radius 2 is 2.28 bits per heavy atom. The summed E-state index contributed by atoms with van der Waals surface area (Å²) in [7, 11) is 1.58. The van der Waals surface area contributed by atoms with Crippen LogP contribution in [0.5, 0.6) is 5.88 Å². The molecule has 0 aliphatic rings. The van der Waals surface area contributed by atoms with Crippen LogP contribution in [0.4, 0.5) is 4.39 Å². The van der Waals surface area contributed by atoms with Crippen molar-refractivity contribution >= 4 is 11.5 Å². The smallest absolute Gasteiger partial charge is 0.232 e. The number of ether oxygens (including phenoxy) is 1. The van der Waals surface area contributed by atoms with Gasteiger partial charge >= 0.3 is 0 Å². The number of hydrogen-bond donors (Lipinski definition) is 1. The van der Waals surface area contributed by atoms with Gasteiger partial charge in [-0.1, -0.05) is 13.0 Å². The summed E-state index contributed by atoms with van der Waals surface area (Å²) in [6, 6.07) is 5.07. The first-order valence-electron chi connectivity index (χ1n) is 5.74. The molecule has 0 aliphatic carbocycles. The second-order valence-electron chi connectivity index (χ2n) is 3.82. The highest BCUT2D eigenvalue weighted by Crippen LogP contribution is 2.31. The first kappa shape index (κ1) is 13.0. The molecular weight excluding hydrogens is 251 g/mol. The van der Waals surface area contributed by atoms with Gasteiger partial charge in [-0.15, -0.1) is 0 Å². The van der Waals surface area contributed by atoms with Crippen molar-refractivity contribution in [1.29, 1.82) is 0 Å². The van der Waals surface area contributed by atoms with E-state index in [0.29, 0.717) is 18.0 Å². The third-order valence-electron chi connectivity index (χ3n) is 2.65. The van der Waals surface area contributed by atoms with E-state index in [9.17, 15) is 4.39 Å². The van der Waals surface area contributed by atoms with Crippen molar-refractivity contribution in [2.45, 2.75) is 13.5 Å².